The van der Waals surface area contributed by atoms with Crippen LogP contribution in [0.3, 0.4) is 0 Å². The Morgan fingerprint density at radius 2 is 2.12 bits per heavy atom. The number of carbonyl (C=O) groups is 1. The lowest BCUT2D eigenvalue weighted by Crippen LogP contribution is -2.49. The van der Waals surface area contributed by atoms with Crippen LogP contribution in [0.25, 0.3) is 0 Å². The van der Waals surface area contributed by atoms with E-state index in [1.165, 1.54) is 0 Å². The standard InChI is InChI=1S/C13H24NO3/c1-7-8-10-9-16-13(5,6)14(10)11(15)17-12(2,3)4/h10H,1,7-9H2,2-6H3/t10-/m0/s1. The summed E-state index contributed by atoms with van der Waals surface area (Å²) in [7, 11) is 0. The largest absolute Gasteiger partial charge is 0.444 e. The summed E-state index contributed by atoms with van der Waals surface area (Å²) in [5.41, 5.74) is -1.08. The molecule has 0 aromatic rings. The molecule has 0 bridgehead atoms. The zero-order valence-electron chi connectivity index (χ0n) is 11.6. The fraction of sp³-hybridized carbons (Fsp3) is 0.846. The van der Waals surface area contributed by atoms with Crippen LogP contribution in [-0.4, -0.2) is 35.0 Å². The summed E-state index contributed by atoms with van der Waals surface area (Å²) in [4.78, 5) is 13.9. The second-order valence-electron chi connectivity index (χ2n) is 5.90. The Labute approximate surface area is 104 Å². The van der Waals surface area contributed by atoms with E-state index in [-0.39, 0.29) is 12.1 Å². The molecule has 0 unspecified atom stereocenters. The lowest BCUT2D eigenvalue weighted by atomic mass is 10.1. The molecule has 0 saturated carbocycles. The Balaban J connectivity index is 2.79. The predicted octanol–water partition coefficient (Wildman–Crippen LogP) is 2.97. The average Bonchev–Trinajstić information content (AvgIpc) is 2.39. The van der Waals surface area contributed by atoms with Crippen molar-refractivity contribution >= 4 is 6.09 Å². The molecular weight excluding hydrogens is 218 g/mol. The maximum Gasteiger partial charge on any atom is 0.412 e. The molecule has 0 spiro atoms. The highest BCUT2D eigenvalue weighted by molar-refractivity contribution is 5.69. The van der Waals surface area contributed by atoms with Gasteiger partial charge < -0.3 is 9.47 Å². The molecule has 1 fully saturated rings. The Bertz CT molecular complexity index is 281. The van der Waals surface area contributed by atoms with Gasteiger partial charge in [0.1, 0.15) is 11.3 Å². The van der Waals surface area contributed by atoms with Gasteiger partial charge in [0.25, 0.3) is 0 Å². The van der Waals surface area contributed by atoms with Gasteiger partial charge in [0, 0.05) is 0 Å². The maximum atomic E-state index is 12.2. The van der Waals surface area contributed by atoms with Crippen LogP contribution in [0.15, 0.2) is 0 Å². The van der Waals surface area contributed by atoms with Gasteiger partial charge in [0.2, 0.25) is 0 Å². The van der Waals surface area contributed by atoms with Crippen molar-refractivity contribution in [3.8, 4) is 0 Å². The van der Waals surface area contributed by atoms with Gasteiger partial charge in [-0.2, -0.15) is 0 Å². The molecular formula is C13H24NO3. The second kappa shape index (κ2) is 4.84. The van der Waals surface area contributed by atoms with Crippen LogP contribution < -0.4 is 0 Å². The van der Waals surface area contributed by atoms with E-state index in [0.29, 0.717) is 6.61 Å². The summed E-state index contributed by atoms with van der Waals surface area (Å²) in [5, 5.41) is 0. The lowest BCUT2D eigenvalue weighted by Gasteiger charge is -2.35. The van der Waals surface area contributed by atoms with Crippen molar-refractivity contribution in [2.24, 2.45) is 0 Å². The van der Waals surface area contributed by atoms with Gasteiger partial charge in [-0.15, -0.1) is 0 Å². The van der Waals surface area contributed by atoms with E-state index in [1.54, 1.807) is 4.90 Å². The number of amides is 1. The third-order valence-corrected chi connectivity index (χ3v) is 2.70. The Morgan fingerprint density at radius 1 is 1.53 bits per heavy atom. The first-order valence-electron chi connectivity index (χ1n) is 6.13. The number of hydrogen-bond donors (Lipinski definition) is 0. The Kier molecular flexibility index (Phi) is 4.07. The van der Waals surface area contributed by atoms with Crippen molar-refractivity contribution in [2.75, 3.05) is 6.61 Å². The van der Waals surface area contributed by atoms with Crippen LogP contribution in [0.5, 0.6) is 0 Å². The zero-order chi connectivity index (χ0) is 13.3. The average molecular weight is 242 g/mol. The van der Waals surface area contributed by atoms with Gasteiger partial charge in [0.15, 0.2) is 0 Å². The minimum atomic E-state index is -0.595. The number of carbonyl (C=O) groups excluding carboxylic acids is 1. The highest BCUT2D eigenvalue weighted by Gasteiger charge is 2.45. The van der Waals surface area contributed by atoms with Crippen molar-refractivity contribution in [1.29, 1.82) is 0 Å². The summed E-state index contributed by atoms with van der Waals surface area (Å²) in [6.45, 7) is 13.8. The highest BCUT2D eigenvalue weighted by Crippen LogP contribution is 2.31. The van der Waals surface area contributed by atoms with E-state index in [1.807, 2.05) is 34.6 Å². The van der Waals surface area contributed by atoms with E-state index in [2.05, 4.69) is 6.92 Å². The van der Waals surface area contributed by atoms with E-state index in [0.717, 1.165) is 12.8 Å². The molecule has 1 aliphatic rings. The molecule has 0 N–H and O–H groups in total. The van der Waals surface area contributed by atoms with Gasteiger partial charge in [-0.1, -0.05) is 13.3 Å². The zero-order valence-corrected chi connectivity index (χ0v) is 11.6. The number of ether oxygens (including phenoxy) is 2. The minimum absolute atomic E-state index is 0.0670. The Hall–Kier alpha value is -0.770. The van der Waals surface area contributed by atoms with Crippen LogP contribution in [0, 0.1) is 6.92 Å². The van der Waals surface area contributed by atoms with Gasteiger partial charge in [-0.3, -0.25) is 4.90 Å². The molecule has 4 heteroatoms. The van der Waals surface area contributed by atoms with E-state index in [4.69, 9.17) is 9.47 Å². The molecule has 1 aliphatic heterocycles. The fourth-order valence-electron chi connectivity index (χ4n) is 2.01. The van der Waals surface area contributed by atoms with Gasteiger partial charge in [0.05, 0.1) is 12.6 Å². The van der Waals surface area contributed by atoms with E-state index >= 15 is 0 Å². The molecule has 1 saturated heterocycles. The van der Waals surface area contributed by atoms with Crippen molar-refractivity contribution in [2.45, 2.75) is 64.8 Å². The quantitative estimate of drug-likeness (QED) is 0.747. The van der Waals surface area contributed by atoms with Gasteiger partial charge >= 0.3 is 6.09 Å². The normalized spacial score (nSPS) is 23.9. The van der Waals surface area contributed by atoms with E-state index < -0.39 is 11.3 Å². The number of hydrogen-bond acceptors (Lipinski definition) is 3. The third kappa shape index (κ3) is 3.60. The van der Waals surface area contributed by atoms with Crippen molar-refractivity contribution in [1.82, 2.24) is 4.90 Å². The van der Waals surface area contributed by atoms with Crippen LogP contribution in [0.2, 0.25) is 0 Å². The van der Waals surface area contributed by atoms with Gasteiger partial charge in [-0.05, 0) is 41.0 Å². The van der Waals surface area contributed by atoms with Crippen LogP contribution in [0.4, 0.5) is 4.79 Å². The van der Waals surface area contributed by atoms with Crippen molar-refractivity contribution in [3.05, 3.63) is 6.92 Å². The topological polar surface area (TPSA) is 38.8 Å². The Morgan fingerprint density at radius 3 is 2.59 bits per heavy atom. The summed E-state index contributed by atoms with van der Waals surface area (Å²) < 4.78 is 11.1. The van der Waals surface area contributed by atoms with Crippen LogP contribution in [-0.2, 0) is 9.47 Å². The molecule has 17 heavy (non-hydrogen) atoms. The van der Waals surface area contributed by atoms with Crippen molar-refractivity contribution < 1.29 is 14.3 Å². The molecule has 0 aromatic carbocycles. The minimum Gasteiger partial charge on any atom is -0.444 e. The predicted molar refractivity (Wildman–Crippen MR) is 66.5 cm³/mol. The number of rotatable bonds is 2. The molecule has 0 aliphatic carbocycles. The third-order valence-electron chi connectivity index (χ3n) is 2.70. The monoisotopic (exact) mass is 242 g/mol. The molecule has 1 amide bonds. The molecule has 1 radical (unpaired) electrons. The highest BCUT2D eigenvalue weighted by atomic mass is 16.6. The summed E-state index contributed by atoms with van der Waals surface area (Å²) >= 11 is 0. The summed E-state index contributed by atoms with van der Waals surface area (Å²) in [6.07, 6.45) is 1.31. The molecule has 4 nitrogen and oxygen atoms in total. The molecule has 0 aromatic heterocycles. The summed E-state index contributed by atoms with van der Waals surface area (Å²) in [6, 6.07) is 0.0670. The van der Waals surface area contributed by atoms with Crippen LogP contribution in [0.1, 0.15) is 47.5 Å². The SMILES string of the molecule is [CH2]CC[C@H]1COC(C)(C)N1C(=O)OC(C)(C)C. The van der Waals surface area contributed by atoms with Crippen molar-refractivity contribution in [3.63, 3.8) is 0 Å². The molecule has 99 valence electrons. The lowest BCUT2D eigenvalue weighted by molar-refractivity contribution is -0.0626. The summed E-state index contributed by atoms with van der Waals surface area (Å²) in [5.74, 6) is 0. The second-order valence-corrected chi connectivity index (χ2v) is 5.90. The van der Waals surface area contributed by atoms with Crippen LogP contribution >= 0.6 is 0 Å². The molecule has 1 atom stereocenters. The molecule has 1 rings (SSSR count). The maximum absolute atomic E-state index is 12.2. The first-order valence-corrected chi connectivity index (χ1v) is 6.13. The first kappa shape index (κ1) is 14.3. The van der Waals surface area contributed by atoms with Gasteiger partial charge in [-0.25, -0.2) is 4.79 Å². The number of nitrogens with zero attached hydrogens (tertiary/aromatic N) is 1. The smallest absolute Gasteiger partial charge is 0.412 e. The fourth-order valence-corrected chi connectivity index (χ4v) is 2.01. The molecule has 1 heterocycles. The first-order chi connectivity index (χ1) is 7.67. The van der Waals surface area contributed by atoms with E-state index in [9.17, 15) is 4.79 Å².